The number of carbonyl (C=O) groups is 2. The van der Waals surface area contributed by atoms with Gasteiger partial charge in [-0.2, -0.15) is 0 Å². The van der Waals surface area contributed by atoms with Gasteiger partial charge in [-0.05, 0) is 0 Å². The van der Waals surface area contributed by atoms with E-state index in [0.29, 0.717) is 5.56 Å². The highest BCUT2D eigenvalue weighted by Crippen LogP contribution is 2.09. The quantitative estimate of drug-likeness (QED) is 0.742. The Morgan fingerprint density at radius 2 is 1.86 bits per heavy atom. The van der Waals surface area contributed by atoms with Crippen LogP contribution in [-0.4, -0.2) is 16.9 Å². The van der Waals surface area contributed by atoms with Crippen LogP contribution in [0, 0.1) is 5.92 Å². The summed E-state index contributed by atoms with van der Waals surface area (Å²) >= 11 is 0. The summed E-state index contributed by atoms with van der Waals surface area (Å²) in [5.41, 5.74) is 0.570. The van der Waals surface area contributed by atoms with E-state index in [9.17, 15) is 9.59 Å². The highest BCUT2D eigenvalue weighted by Gasteiger charge is 2.16. The summed E-state index contributed by atoms with van der Waals surface area (Å²) in [6.45, 7) is 1.53. The van der Waals surface area contributed by atoms with E-state index < -0.39 is 11.9 Å². The second kappa shape index (κ2) is 4.56. The minimum absolute atomic E-state index is 0.0549. The largest absolute Gasteiger partial charge is 0.481 e. The summed E-state index contributed by atoms with van der Waals surface area (Å²) in [5.74, 6) is -1.68. The molecule has 3 nitrogen and oxygen atoms in total. The number of hydrogen-bond donors (Lipinski definition) is 1. The first kappa shape index (κ1) is 10.4. The molecule has 0 aromatic heterocycles. The number of carboxylic acid groups (broad SMARTS) is 1. The van der Waals surface area contributed by atoms with Crippen molar-refractivity contribution >= 4 is 11.8 Å². The van der Waals surface area contributed by atoms with Crippen LogP contribution in [0.2, 0.25) is 0 Å². The number of carbonyl (C=O) groups excluding carboxylic acids is 1. The smallest absolute Gasteiger partial charge is 0.306 e. The molecule has 0 fully saturated rings. The Hall–Kier alpha value is -1.64. The van der Waals surface area contributed by atoms with E-state index in [1.54, 1.807) is 24.3 Å². The highest BCUT2D eigenvalue weighted by atomic mass is 16.4. The Morgan fingerprint density at radius 1 is 1.29 bits per heavy atom. The molecule has 0 spiro atoms. The van der Waals surface area contributed by atoms with Crippen molar-refractivity contribution in [3.8, 4) is 0 Å². The third kappa shape index (κ3) is 2.69. The Balaban J connectivity index is 2.64. The van der Waals surface area contributed by atoms with Crippen molar-refractivity contribution < 1.29 is 14.7 Å². The molecule has 1 aromatic rings. The van der Waals surface area contributed by atoms with Gasteiger partial charge in [-0.1, -0.05) is 37.3 Å². The lowest BCUT2D eigenvalue weighted by Crippen LogP contribution is -2.14. The predicted octanol–water partition coefficient (Wildman–Crippen LogP) is 1.98. The van der Waals surface area contributed by atoms with Gasteiger partial charge in [-0.3, -0.25) is 9.59 Å². The van der Waals surface area contributed by atoms with Gasteiger partial charge in [0.05, 0.1) is 5.92 Å². The fraction of sp³-hybridized carbons (Fsp3) is 0.273. The number of Topliss-reactive ketones (excluding diaryl/α,β-unsaturated/α-hetero) is 1. The number of ketones is 1. The Labute approximate surface area is 82.4 Å². The molecule has 1 atom stereocenters. The molecular formula is C11H12O3. The summed E-state index contributed by atoms with van der Waals surface area (Å²) in [7, 11) is 0. The van der Waals surface area contributed by atoms with Gasteiger partial charge < -0.3 is 5.11 Å². The van der Waals surface area contributed by atoms with Crippen molar-refractivity contribution in [1.29, 1.82) is 0 Å². The normalized spacial score (nSPS) is 12.1. The molecule has 0 aliphatic heterocycles. The molecule has 0 saturated heterocycles. The number of aliphatic carboxylic acids is 1. The molecule has 1 N–H and O–H groups in total. The van der Waals surface area contributed by atoms with Gasteiger partial charge in [0.1, 0.15) is 0 Å². The Kier molecular flexibility index (Phi) is 3.40. The maximum absolute atomic E-state index is 11.5. The van der Waals surface area contributed by atoms with Crippen LogP contribution in [0.4, 0.5) is 0 Å². The minimum Gasteiger partial charge on any atom is -0.481 e. The molecule has 0 saturated carbocycles. The monoisotopic (exact) mass is 192 g/mol. The van der Waals surface area contributed by atoms with Gasteiger partial charge in [0.15, 0.2) is 5.78 Å². The molecule has 3 heteroatoms. The third-order valence-corrected chi connectivity index (χ3v) is 2.01. The average molecular weight is 192 g/mol. The molecule has 0 aliphatic carbocycles. The van der Waals surface area contributed by atoms with Crippen molar-refractivity contribution in [3.05, 3.63) is 35.9 Å². The first-order chi connectivity index (χ1) is 6.61. The SMILES string of the molecule is C[C@@H](CC(=O)c1ccccc1)C(=O)O. The lowest BCUT2D eigenvalue weighted by molar-refractivity contribution is -0.141. The maximum Gasteiger partial charge on any atom is 0.306 e. The molecule has 1 rings (SSSR count). The molecule has 0 bridgehead atoms. The molecule has 1 aromatic carbocycles. The van der Waals surface area contributed by atoms with Crippen molar-refractivity contribution in [1.82, 2.24) is 0 Å². The molecule has 0 aliphatic rings. The zero-order valence-electron chi connectivity index (χ0n) is 7.93. The molecule has 14 heavy (non-hydrogen) atoms. The van der Waals surface area contributed by atoms with Crippen molar-refractivity contribution in [2.75, 3.05) is 0 Å². The number of hydrogen-bond acceptors (Lipinski definition) is 2. The van der Waals surface area contributed by atoms with Gasteiger partial charge in [0.25, 0.3) is 0 Å². The zero-order valence-corrected chi connectivity index (χ0v) is 7.93. The number of rotatable bonds is 4. The van der Waals surface area contributed by atoms with Crippen LogP contribution in [0.15, 0.2) is 30.3 Å². The van der Waals surface area contributed by atoms with Crippen molar-refractivity contribution in [3.63, 3.8) is 0 Å². The first-order valence-corrected chi connectivity index (χ1v) is 4.42. The topological polar surface area (TPSA) is 54.4 Å². The second-order valence-corrected chi connectivity index (χ2v) is 3.23. The van der Waals surface area contributed by atoms with Crippen LogP contribution in [-0.2, 0) is 4.79 Å². The van der Waals surface area contributed by atoms with Crippen molar-refractivity contribution in [2.24, 2.45) is 5.92 Å². The van der Waals surface area contributed by atoms with Gasteiger partial charge in [-0.15, -0.1) is 0 Å². The number of carboxylic acids is 1. The minimum atomic E-state index is -0.936. The summed E-state index contributed by atoms with van der Waals surface area (Å²) < 4.78 is 0. The van der Waals surface area contributed by atoms with Crippen LogP contribution in [0.3, 0.4) is 0 Å². The van der Waals surface area contributed by atoms with E-state index >= 15 is 0 Å². The molecular weight excluding hydrogens is 180 g/mol. The Bertz CT molecular complexity index is 330. The van der Waals surface area contributed by atoms with Crippen LogP contribution in [0.25, 0.3) is 0 Å². The Morgan fingerprint density at radius 3 is 2.36 bits per heavy atom. The molecule has 0 unspecified atom stereocenters. The molecule has 0 heterocycles. The lowest BCUT2D eigenvalue weighted by atomic mass is 10.0. The standard InChI is InChI=1S/C11H12O3/c1-8(11(13)14)7-10(12)9-5-3-2-4-6-9/h2-6,8H,7H2,1H3,(H,13,14)/t8-/m0/s1. The second-order valence-electron chi connectivity index (χ2n) is 3.23. The summed E-state index contributed by atoms with van der Waals surface area (Å²) in [5, 5.41) is 8.63. The van der Waals surface area contributed by atoms with E-state index in [1.807, 2.05) is 6.07 Å². The fourth-order valence-electron chi connectivity index (χ4n) is 1.11. The molecule has 74 valence electrons. The van der Waals surface area contributed by atoms with E-state index in [4.69, 9.17) is 5.11 Å². The maximum atomic E-state index is 11.5. The highest BCUT2D eigenvalue weighted by molar-refractivity contribution is 5.97. The third-order valence-electron chi connectivity index (χ3n) is 2.01. The predicted molar refractivity (Wildman–Crippen MR) is 52.2 cm³/mol. The van der Waals surface area contributed by atoms with Crippen LogP contribution in [0.1, 0.15) is 23.7 Å². The fourth-order valence-corrected chi connectivity index (χ4v) is 1.11. The van der Waals surface area contributed by atoms with Crippen LogP contribution in [0.5, 0.6) is 0 Å². The molecule has 0 radical (unpaired) electrons. The first-order valence-electron chi connectivity index (χ1n) is 4.42. The van der Waals surface area contributed by atoms with Crippen LogP contribution >= 0.6 is 0 Å². The van der Waals surface area contributed by atoms with Crippen LogP contribution < -0.4 is 0 Å². The van der Waals surface area contributed by atoms with E-state index in [-0.39, 0.29) is 12.2 Å². The average Bonchev–Trinajstić information content (AvgIpc) is 2.19. The van der Waals surface area contributed by atoms with Crippen molar-refractivity contribution in [2.45, 2.75) is 13.3 Å². The van der Waals surface area contributed by atoms with E-state index in [0.717, 1.165) is 0 Å². The van der Waals surface area contributed by atoms with Gasteiger partial charge >= 0.3 is 5.97 Å². The van der Waals surface area contributed by atoms with E-state index in [1.165, 1.54) is 6.92 Å². The number of benzene rings is 1. The van der Waals surface area contributed by atoms with Gasteiger partial charge in [-0.25, -0.2) is 0 Å². The van der Waals surface area contributed by atoms with Gasteiger partial charge in [0, 0.05) is 12.0 Å². The lowest BCUT2D eigenvalue weighted by Gasteiger charge is -2.04. The van der Waals surface area contributed by atoms with Gasteiger partial charge in [0.2, 0.25) is 0 Å². The molecule has 0 amide bonds. The summed E-state index contributed by atoms with van der Waals surface area (Å²) in [6, 6.07) is 8.72. The summed E-state index contributed by atoms with van der Waals surface area (Å²) in [6.07, 6.45) is 0.0549. The van der Waals surface area contributed by atoms with E-state index in [2.05, 4.69) is 0 Å². The zero-order chi connectivity index (χ0) is 10.6. The summed E-state index contributed by atoms with van der Waals surface area (Å²) in [4.78, 5) is 22.0.